The van der Waals surface area contributed by atoms with Gasteiger partial charge in [0.15, 0.2) is 0 Å². The van der Waals surface area contributed by atoms with Gasteiger partial charge in [-0.1, -0.05) is 18.2 Å². The van der Waals surface area contributed by atoms with Crippen molar-refractivity contribution in [1.82, 2.24) is 4.98 Å². The average molecular weight is 515 g/mol. The summed E-state index contributed by atoms with van der Waals surface area (Å²) >= 11 is 0. The number of aromatic nitrogens is 1. The fourth-order valence-electron chi connectivity index (χ4n) is 4.47. The number of aliphatic hydroxyl groups excluding tert-OH is 1. The molecule has 1 unspecified atom stereocenters. The molecule has 0 spiro atoms. The molecule has 0 radical (unpaired) electrons. The third-order valence-electron chi connectivity index (χ3n) is 6.12. The summed E-state index contributed by atoms with van der Waals surface area (Å²) in [6.07, 6.45) is 3.03. The Morgan fingerprint density at radius 3 is 2.45 bits per heavy atom. The van der Waals surface area contributed by atoms with Crippen molar-refractivity contribution in [2.45, 2.75) is 46.3 Å². The molecule has 1 aromatic heterocycles. The number of anilines is 1. The van der Waals surface area contributed by atoms with Crippen LogP contribution in [0.2, 0.25) is 0 Å². The Morgan fingerprint density at radius 1 is 1.11 bits per heavy atom. The van der Waals surface area contributed by atoms with E-state index < -0.39 is 17.7 Å². The summed E-state index contributed by atoms with van der Waals surface area (Å²) in [4.78, 5) is 44.3. The van der Waals surface area contributed by atoms with Crippen LogP contribution in [0.4, 0.5) is 5.69 Å². The minimum absolute atomic E-state index is 0.0313. The smallest absolute Gasteiger partial charge is 0.310 e. The van der Waals surface area contributed by atoms with E-state index in [-0.39, 0.29) is 29.8 Å². The first kappa shape index (κ1) is 26.6. The summed E-state index contributed by atoms with van der Waals surface area (Å²) in [6, 6.07) is 14.5. The predicted octanol–water partition coefficient (Wildman–Crippen LogP) is 4.91. The zero-order valence-electron chi connectivity index (χ0n) is 21.8. The van der Waals surface area contributed by atoms with E-state index in [4.69, 9.17) is 9.47 Å². The highest BCUT2D eigenvalue weighted by molar-refractivity contribution is 6.51. The highest BCUT2D eigenvalue weighted by Crippen LogP contribution is 2.42. The molecule has 3 aromatic rings. The van der Waals surface area contributed by atoms with Crippen LogP contribution in [-0.4, -0.2) is 40.5 Å². The molecule has 1 fully saturated rings. The van der Waals surface area contributed by atoms with Crippen LogP contribution < -0.4 is 9.64 Å². The van der Waals surface area contributed by atoms with Crippen molar-refractivity contribution in [2.24, 2.45) is 0 Å². The molecule has 4 rings (SSSR count). The van der Waals surface area contributed by atoms with Gasteiger partial charge < -0.3 is 14.6 Å². The van der Waals surface area contributed by atoms with Gasteiger partial charge in [-0.3, -0.25) is 24.3 Å². The van der Waals surface area contributed by atoms with Gasteiger partial charge in [0, 0.05) is 23.6 Å². The van der Waals surface area contributed by atoms with Gasteiger partial charge in [0.2, 0.25) is 0 Å². The lowest BCUT2D eigenvalue weighted by atomic mass is 9.95. The van der Waals surface area contributed by atoms with Crippen molar-refractivity contribution >= 4 is 29.1 Å². The number of hydrogen-bond acceptors (Lipinski definition) is 7. The average Bonchev–Trinajstić information content (AvgIpc) is 3.15. The lowest BCUT2D eigenvalue weighted by Gasteiger charge is -2.25. The SMILES string of the molecule is CCOc1ccc(/C(O)=C2/C(=O)C(=O)N(c3ccc(CC(=O)OC(C)C)cc3)C2c2cccnc2)cc1C. The van der Waals surface area contributed by atoms with E-state index in [0.717, 1.165) is 5.56 Å². The first-order chi connectivity index (χ1) is 18.2. The molecule has 1 atom stereocenters. The second-order valence-electron chi connectivity index (χ2n) is 9.25. The quantitative estimate of drug-likeness (QED) is 0.197. The molecular weight excluding hydrogens is 484 g/mol. The molecule has 0 aliphatic carbocycles. The molecule has 1 aliphatic heterocycles. The number of benzene rings is 2. The van der Waals surface area contributed by atoms with E-state index in [1.807, 2.05) is 13.8 Å². The van der Waals surface area contributed by atoms with Gasteiger partial charge in [-0.15, -0.1) is 0 Å². The molecule has 196 valence electrons. The topological polar surface area (TPSA) is 106 Å². The zero-order chi connectivity index (χ0) is 27.4. The second-order valence-corrected chi connectivity index (χ2v) is 9.25. The van der Waals surface area contributed by atoms with Gasteiger partial charge in [0.1, 0.15) is 11.5 Å². The summed E-state index contributed by atoms with van der Waals surface area (Å²) in [7, 11) is 0. The number of carbonyl (C=O) groups excluding carboxylic acids is 3. The minimum atomic E-state index is -0.896. The van der Waals surface area contributed by atoms with Crippen LogP contribution >= 0.6 is 0 Å². The zero-order valence-corrected chi connectivity index (χ0v) is 21.8. The third-order valence-corrected chi connectivity index (χ3v) is 6.12. The number of aliphatic hydroxyl groups is 1. The van der Waals surface area contributed by atoms with Crippen LogP contribution in [0.15, 0.2) is 72.6 Å². The molecule has 0 saturated carbocycles. The third kappa shape index (κ3) is 5.44. The summed E-state index contributed by atoms with van der Waals surface area (Å²) < 4.78 is 10.8. The van der Waals surface area contributed by atoms with Crippen molar-refractivity contribution in [3.63, 3.8) is 0 Å². The van der Waals surface area contributed by atoms with Gasteiger partial charge in [-0.2, -0.15) is 0 Å². The Balaban J connectivity index is 1.76. The molecule has 1 aliphatic rings. The Morgan fingerprint density at radius 2 is 1.84 bits per heavy atom. The Labute approximate surface area is 221 Å². The molecule has 38 heavy (non-hydrogen) atoms. The molecule has 2 heterocycles. The van der Waals surface area contributed by atoms with E-state index in [1.165, 1.54) is 4.90 Å². The summed E-state index contributed by atoms with van der Waals surface area (Å²) in [5.41, 5.74) is 2.88. The maximum absolute atomic E-state index is 13.3. The summed E-state index contributed by atoms with van der Waals surface area (Å²) in [5.74, 6) is -1.53. The number of amides is 1. The van der Waals surface area contributed by atoms with Gasteiger partial charge >= 0.3 is 5.97 Å². The fourth-order valence-corrected chi connectivity index (χ4v) is 4.47. The minimum Gasteiger partial charge on any atom is -0.507 e. The number of ketones is 1. The monoisotopic (exact) mass is 514 g/mol. The fraction of sp³-hybridized carbons (Fsp3) is 0.267. The van der Waals surface area contributed by atoms with Crippen molar-refractivity contribution in [2.75, 3.05) is 11.5 Å². The molecule has 1 saturated heterocycles. The number of Topliss-reactive ketones (excluding diaryl/α,β-unsaturated/α-hetero) is 1. The number of esters is 1. The maximum atomic E-state index is 13.3. The molecule has 2 aromatic carbocycles. The number of rotatable bonds is 8. The van der Waals surface area contributed by atoms with E-state index in [9.17, 15) is 19.5 Å². The highest BCUT2D eigenvalue weighted by atomic mass is 16.5. The number of ether oxygens (including phenoxy) is 2. The van der Waals surface area contributed by atoms with Crippen LogP contribution in [-0.2, 0) is 25.5 Å². The van der Waals surface area contributed by atoms with Gasteiger partial charge in [-0.25, -0.2) is 0 Å². The van der Waals surface area contributed by atoms with Crippen molar-refractivity contribution in [1.29, 1.82) is 0 Å². The molecule has 8 nitrogen and oxygen atoms in total. The molecular formula is C30H30N2O6. The largest absolute Gasteiger partial charge is 0.507 e. The van der Waals surface area contributed by atoms with E-state index >= 15 is 0 Å². The van der Waals surface area contributed by atoms with Crippen LogP contribution in [0.25, 0.3) is 5.76 Å². The van der Waals surface area contributed by atoms with E-state index in [0.29, 0.717) is 34.7 Å². The highest BCUT2D eigenvalue weighted by Gasteiger charge is 2.47. The van der Waals surface area contributed by atoms with Gasteiger partial charge in [-0.05, 0) is 80.8 Å². The molecule has 8 heteroatoms. The van der Waals surface area contributed by atoms with Crippen molar-refractivity contribution in [3.05, 3.63) is 94.8 Å². The van der Waals surface area contributed by atoms with Crippen molar-refractivity contribution in [3.8, 4) is 5.75 Å². The molecule has 0 bridgehead atoms. The van der Waals surface area contributed by atoms with Crippen LogP contribution in [0.1, 0.15) is 49.1 Å². The normalized spacial score (nSPS) is 16.7. The van der Waals surface area contributed by atoms with E-state index in [2.05, 4.69) is 4.98 Å². The predicted molar refractivity (Wildman–Crippen MR) is 143 cm³/mol. The number of hydrogen-bond donors (Lipinski definition) is 1. The molecule has 1 amide bonds. The first-order valence-corrected chi connectivity index (χ1v) is 12.4. The Bertz CT molecular complexity index is 1380. The van der Waals surface area contributed by atoms with Crippen LogP contribution in [0, 0.1) is 6.92 Å². The molecule has 1 N–H and O–H groups in total. The first-order valence-electron chi connectivity index (χ1n) is 12.4. The standard InChI is InChI=1S/C30H30N2O6/c1-5-37-24-13-10-21(15-19(24)4)28(34)26-27(22-7-6-14-31-17-22)32(30(36)29(26)35)23-11-8-20(9-12-23)16-25(33)38-18(2)3/h6-15,17-18,27,34H,5,16H2,1-4H3/b28-26-. The van der Waals surface area contributed by atoms with Crippen LogP contribution in [0.3, 0.4) is 0 Å². The van der Waals surface area contributed by atoms with E-state index in [1.54, 1.807) is 80.8 Å². The summed E-state index contributed by atoms with van der Waals surface area (Å²) in [6.45, 7) is 7.79. The number of carbonyl (C=O) groups is 3. The number of pyridine rings is 1. The lowest BCUT2D eigenvalue weighted by Crippen LogP contribution is -2.29. The lowest BCUT2D eigenvalue weighted by molar-refractivity contribution is -0.146. The van der Waals surface area contributed by atoms with Crippen molar-refractivity contribution < 1.29 is 29.0 Å². The van der Waals surface area contributed by atoms with Gasteiger partial charge in [0.05, 0.1) is 30.7 Å². The Kier molecular flexibility index (Phi) is 7.90. The van der Waals surface area contributed by atoms with Crippen LogP contribution in [0.5, 0.6) is 5.75 Å². The Hall–Kier alpha value is -4.46. The van der Waals surface area contributed by atoms with Gasteiger partial charge in [0.25, 0.3) is 11.7 Å². The summed E-state index contributed by atoms with van der Waals surface area (Å²) in [5, 5.41) is 11.3. The number of aryl methyl sites for hydroxylation is 1. The maximum Gasteiger partial charge on any atom is 0.310 e. The second kappa shape index (κ2) is 11.3. The number of nitrogens with zero attached hydrogens (tertiary/aromatic N) is 2.